The van der Waals surface area contributed by atoms with Gasteiger partial charge in [-0.1, -0.05) is 19.3 Å². The summed E-state index contributed by atoms with van der Waals surface area (Å²) >= 11 is 1.87. The average molecular weight is 273 g/mol. The molecule has 0 aromatic carbocycles. The van der Waals surface area contributed by atoms with Crippen molar-refractivity contribution in [2.75, 3.05) is 5.32 Å². The van der Waals surface area contributed by atoms with Gasteiger partial charge in [0.1, 0.15) is 17.0 Å². The number of hydrogen-bond donors (Lipinski definition) is 1. The molecule has 1 saturated carbocycles. The largest absolute Gasteiger partial charge is 0.367 e. The summed E-state index contributed by atoms with van der Waals surface area (Å²) in [7, 11) is 0. The first-order chi connectivity index (χ1) is 9.42. The molecule has 1 N–H and O–H groups in total. The molecular formula is C15H19N3S. The third-order valence-electron chi connectivity index (χ3n) is 4.45. The summed E-state index contributed by atoms with van der Waals surface area (Å²) in [5, 5.41) is 5.02. The first-order valence-electron chi connectivity index (χ1n) is 7.43. The van der Waals surface area contributed by atoms with Crippen LogP contribution in [-0.4, -0.2) is 16.0 Å². The minimum Gasteiger partial charge on any atom is -0.367 e. The minimum absolute atomic E-state index is 0.615. The minimum atomic E-state index is 0.615. The zero-order valence-corrected chi connectivity index (χ0v) is 11.9. The Bertz CT molecular complexity index is 599. The summed E-state index contributed by atoms with van der Waals surface area (Å²) in [4.78, 5) is 11.7. The van der Waals surface area contributed by atoms with E-state index in [0.717, 1.165) is 5.82 Å². The lowest BCUT2D eigenvalue weighted by Gasteiger charge is -2.23. The summed E-state index contributed by atoms with van der Waals surface area (Å²) in [6.45, 7) is 0. The van der Waals surface area contributed by atoms with Crippen molar-refractivity contribution in [2.45, 2.75) is 57.4 Å². The van der Waals surface area contributed by atoms with E-state index in [1.165, 1.54) is 67.1 Å². The fourth-order valence-electron chi connectivity index (χ4n) is 3.48. The van der Waals surface area contributed by atoms with Gasteiger partial charge in [-0.05, 0) is 37.7 Å². The Morgan fingerprint density at radius 3 is 2.84 bits per heavy atom. The van der Waals surface area contributed by atoms with Crippen molar-refractivity contribution in [1.29, 1.82) is 0 Å². The second kappa shape index (κ2) is 4.75. The van der Waals surface area contributed by atoms with Crippen molar-refractivity contribution in [3.63, 3.8) is 0 Å². The van der Waals surface area contributed by atoms with Crippen LogP contribution in [0, 0.1) is 0 Å². The van der Waals surface area contributed by atoms with Crippen molar-refractivity contribution >= 4 is 27.4 Å². The summed E-state index contributed by atoms with van der Waals surface area (Å²) in [6, 6.07) is 0.615. The molecule has 0 aliphatic heterocycles. The van der Waals surface area contributed by atoms with Gasteiger partial charge in [-0.25, -0.2) is 9.97 Å². The third-order valence-corrected chi connectivity index (χ3v) is 5.65. The van der Waals surface area contributed by atoms with E-state index in [1.54, 1.807) is 11.2 Å². The molecule has 0 bridgehead atoms. The van der Waals surface area contributed by atoms with E-state index in [1.807, 2.05) is 11.3 Å². The molecule has 0 amide bonds. The van der Waals surface area contributed by atoms with E-state index in [9.17, 15) is 0 Å². The van der Waals surface area contributed by atoms with Crippen LogP contribution in [0.2, 0.25) is 0 Å². The van der Waals surface area contributed by atoms with Gasteiger partial charge in [0.25, 0.3) is 0 Å². The molecule has 0 saturated heterocycles. The number of nitrogens with zero attached hydrogens (tertiary/aromatic N) is 2. The molecular weight excluding hydrogens is 254 g/mol. The van der Waals surface area contributed by atoms with Crippen molar-refractivity contribution < 1.29 is 0 Å². The number of anilines is 1. The molecule has 100 valence electrons. The van der Waals surface area contributed by atoms with Crippen LogP contribution < -0.4 is 5.32 Å². The van der Waals surface area contributed by atoms with Gasteiger partial charge in [-0.15, -0.1) is 11.3 Å². The summed E-state index contributed by atoms with van der Waals surface area (Å²) in [5.41, 5.74) is 1.53. The number of nitrogens with one attached hydrogen (secondary N) is 1. The quantitative estimate of drug-likeness (QED) is 0.901. The Balaban J connectivity index is 1.72. The molecule has 2 aliphatic carbocycles. The molecule has 0 unspecified atom stereocenters. The van der Waals surface area contributed by atoms with Crippen LogP contribution >= 0.6 is 11.3 Å². The zero-order valence-electron chi connectivity index (χ0n) is 11.1. The van der Waals surface area contributed by atoms with E-state index in [-0.39, 0.29) is 0 Å². The lowest BCUT2D eigenvalue weighted by atomic mass is 9.95. The number of thiophene rings is 1. The average Bonchev–Trinajstić information content (AvgIpc) is 3.00. The lowest BCUT2D eigenvalue weighted by Crippen LogP contribution is -2.23. The fraction of sp³-hybridized carbons (Fsp3) is 0.600. The van der Waals surface area contributed by atoms with Gasteiger partial charge in [0.2, 0.25) is 0 Å². The van der Waals surface area contributed by atoms with Crippen molar-refractivity contribution in [3.8, 4) is 0 Å². The van der Waals surface area contributed by atoms with E-state index in [0.29, 0.717) is 6.04 Å². The highest BCUT2D eigenvalue weighted by molar-refractivity contribution is 7.19. The first kappa shape index (κ1) is 11.6. The van der Waals surface area contributed by atoms with Crippen molar-refractivity contribution in [2.24, 2.45) is 0 Å². The van der Waals surface area contributed by atoms with Crippen LogP contribution in [0.15, 0.2) is 6.33 Å². The zero-order chi connectivity index (χ0) is 12.7. The molecule has 2 aromatic heterocycles. The number of aryl methyl sites for hydroxylation is 2. The SMILES string of the molecule is c1nc(NC2CCCCC2)c2c3c(sc2n1)CCC3. The van der Waals surface area contributed by atoms with Gasteiger partial charge in [-0.3, -0.25) is 0 Å². The van der Waals surface area contributed by atoms with E-state index in [2.05, 4.69) is 15.3 Å². The molecule has 2 aromatic rings. The number of hydrogen-bond acceptors (Lipinski definition) is 4. The van der Waals surface area contributed by atoms with Gasteiger partial charge in [0.05, 0.1) is 5.39 Å². The highest BCUT2D eigenvalue weighted by Crippen LogP contribution is 2.39. The molecule has 0 atom stereocenters. The van der Waals surface area contributed by atoms with Gasteiger partial charge in [0, 0.05) is 10.9 Å². The maximum Gasteiger partial charge on any atom is 0.138 e. The Hall–Kier alpha value is -1.16. The maximum atomic E-state index is 4.54. The van der Waals surface area contributed by atoms with Gasteiger partial charge < -0.3 is 5.32 Å². The fourth-order valence-corrected chi connectivity index (χ4v) is 4.71. The van der Waals surface area contributed by atoms with Crippen molar-refractivity contribution in [3.05, 3.63) is 16.8 Å². The highest BCUT2D eigenvalue weighted by atomic mass is 32.1. The Morgan fingerprint density at radius 2 is 1.95 bits per heavy atom. The highest BCUT2D eigenvalue weighted by Gasteiger charge is 2.22. The van der Waals surface area contributed by atoms with E-state index < -0.39 is 0 Å². The second-order valence-corrected chi connectivity index (χ2v) is 6.82. The molecule has 2 aliphatic rings. The first-order valence-corrected chi connectivity index (χ1v) is 8.25. The van der Waals surface area contributed by atoms with Crippen LogP contribution in [0.1, 0.15) is 49.0 Å². The predicted octanol–water partition coefficient (Wildman–Crippen LogP) is 3.92. The van der Waals surface area contributed by atoms with Crippen LogP contribution in [0.25, 0.3) is 10.2 Å². The normalized spacial score (nSPS) is 19.8. The van der Waals surface area contributed by atoms with Crippen LogP contribution in [-0.2, 0) is 12.8 Å². The van der Waals surface area contributed by atoms with Gasteiger partial charge >= 0.3 is 0 Å². The topological polar surface area (TPSA) is 37.8 Å². The number of aromatic nitrogens is 2. The van der Waals surface area contributed by atoms with Crippen LogP contribution in [0.4, 0.5) is 5.82 Å². The van der Waals surface area contributed by atoms with E-state index >= 15 is 0 Å². The number of fused-ring (bicyclic) bond motifs is 3. The van der Waals surface area contributed by atoms with Gasteiger partial charge in [-0.2, -0.15) is 0 Å². The Kier molecular flexibility index (Phi) is 2.91. The maximum absolute atomic E-state index is 4.54. The van der Waals surface area contributed by atoms with Crippen molar-refractivity contribution in [1.82, 2.24) is 9.97 Å². The van der Waals surface area contributed by atoms with Crippen LogP contribution in [0.3, 0.4) is 0 Å². The smallest absolute Gasteiger partial charge is 0.138 e. The standard InChI is InChI=1S/C15H19N3S/c1-2-5-10(6-3-1)18-14-13-11-7-4-8-12(11)19-15(13)17-9-16-14/h9-10H,1-8H2,(H,16,17,18). The second-order valence-electron chi connectivity index (χ2n) is 5.74. The summed E-state index contributed by atoms with van der Waals surface area (Å²) < 4.78 is 0. The molecule has 19 heavy (non-hydrogen) atoms. The van der Waals surface area contributed by atoms with E-state index in [4.69, 9.17) is 0 Å². The molecule has 1 fully saturated rings. The third kappa shape index (κ3) is 2.02. The molecule has 3 nitrogen and oxygen atoms in total. The molecule has 0 spiro atoms. The Labute approximate surface area is 117 Å². The molecule has 2 heterocycles. The number of rotatable bonds is 2. The van der Waals surface area contributed by atoms with Gasteiger partial charge in [0.15, 0.2) is 0 Å². The monoisotopic (exact) mass is 273 g/mol. The molecule has 0 radical (unpaired) electrons. The van der Waals surface area contributed by atoms with Crippen LogP contribution in [0.5, 0.6) is 0 Å². The Morgan fingerprint density at radius 1 is 1.05 bits per heavy atom. The molecule has 4 heteroatoms. The lowest BCUT2D eigenvalue weighted by molar-refractivity contribution is 0.462. The summed E-state index contributed by atoms with van der Waals surface area (Å²) in [6.07, 6.45) is 12.2. The summed E-state index contributed by atoms with van der Waals surface area (Å²) in [5.74, 6) is 1.09. The predicted molar refractivity (Wildman–Crippen MR) is 79.9 cm³/mol. The molecule has 4 rings (SSSR count).